The maximum atomic E-state index is 8.83. The van der Waals surface area contributed by atoms with Gasteiger partial charge in [-0.05, 0) is 26.0 Å². The Morgan fingerprint density at radius 3 is 1.90 bits per heavy atom. The van der Waals surface area contributed by atoms with Gasteiger partial charge in [-0.1, -0.05) is 17.7 Å². The van der Waals surface area contributed by atoms with Crippen molar-refractivity contribution in [3.63, 3.8) is 0 Å². The number of benzene rings is 1. The first kappa shape index (κ1) is 16.6. The second-order valence-electron chi connectivity index (χ2n) is 4.52. The number of hydrogen-bond donors (Lipinski definition) is 3. The topological polar surface area (TPSA) is 92.6 Å². The molecule has 0 bridgehead atoms. The Kier molecular flexibility index (Phi) is 5.27. The molecule has 1 aromatic heterocycles. The van der Waals surface area contributed by atoms with E-state index in [9.17, 15) is 0 Å². The summed E-state index contributed by atoms with van der Waals surface area (Å²) < 4.78 is 34.5. The molecule has 7 heteroatoms. The Labute approximate surface area is 119 Å². The van der Waals surface area contributed by atoms with Gasteiger partial charge in [0.2, 0.25) is 5.69 Å². The Bertz CT molecular complexity index is 567. The molecule has 0 aliphatic rings. The van der Waals surface area contributed by atoms with E-state index in [0.717, 1.165) is 0 Å². The second kappa shape index (κ2) is 6.34. The van der Waals surface area contributed by atoms with E-state index in [-0.39, 0.29) is 0 Å². The molecule has 0 aliphatic carbocycles. The van der Waals surface area contributed by atoms with Crippen molar-refractivity contribution in [2.75, 3.05) is 0 Å². The molecule has 0 radical (unpaired) electrons. The Balaban J connectivity index is 0.000000347. The molecular formula is C13H20ClN2O4+. The van der Waals surface area contributed by atoms with Gasteiger partial charge in [0.1, 0.15) is 0 Å². The molecule has 3 N–H and O–H groups in total. The number of aromatic nitrogens is 2. The summed E-state index contributed by atoms with van der Waals surface area (Å²) in [4.78, 5) is 0. The molecule has 0 spiro atoms. The van der Waals surface area contributed by atoms with Crippen LogP contribution >= 0.6 is 0 Å². The van der Waals surface area contributed by atoms with Crippen molar-refractivity contribution in [1.29, 1.82) is 0 Å². The third kappa shape index (κ3) is 4.92. The third-order valence-corrected chi connectivity index (χ3v) is 3.00. The molecule has 0 fully saturated rings. The normalized spacial score (nSPS) is 11.8. The summed E-state index contributed by atoms with van der Waals surface area (Å²) in [5.74, 6) is 0. The van der Waals surface area contributed by atoms with Crippen LogP contribution < -0.4 is 9.34 Å². The van der Waals surface area contributed by atoms with Crippen molar-refractivity contribution in [3.05, 3.63) is 41.6 Å². The summed E-state index contributed by atoms with van der Waals surface area (Å²) in [6.45, 7) is 4.23. The van der Waals surface area contributed by atoms with Gasteiger partial charge in [0, 0.05) is 11.6 Å². The van der Waals surface area contributed by atoms with Gasteiger partial charge in [0.25, 0.3) is 0 Å². The first-order valence-corrected chi connectivity index (χ1v) is 7.17. The van der Waals surface area contributed by atoms with E-state index in [1.54, 1.807) is 0 Å². The van der Waals surface area contributed by atoms with Crippen molar-refractivity contribution >= 4 is 0 Å². The van der Waals surface area contributed by atoms with Crippen molar-refractivity contribution < 1.29 is 33.6 Å². The fourth-order valence-corrected chi connectivity index (χ4v) is 1.78. The SMILES string of the molecule is Cc1ccc(-c2cc(C)n(C)[n+]2C)cc1.[O-][Cl+](O)(O)O. The van der Waals surface area contributed by atoms with Crippen LogP contribution in [0.3, 0.4) is 0 Å². The Morgan fingerprint density at radius 2 is 1.55 bits per heavy atom. The van der Waals surface area contributed by atoms with E-state index < -0.39 is 10.2 Å². The predicted octanol–water partition coefficient (Wildman–Crippen LogP) is -0.727. The Morgan fingerprint density at radius 1 is 1.10 bits per heavy atom. The fraction of sp³-hybridized carbons (Fsp3) is 0.308. The molecule has 2 rings (SSSR count). The number of halogens is 1. The minimum atomic E-state index is -4.19. The zero-order valence-corrected chi connectivity index (χ0v) is 12.7. The molecule has 6 nitrogen and oxygen atoms in total. The molecule has 0 unspecified atom stereocenters. The molecule has 0 saturated carbocycles. The van der Waals surface area contributed by atoms with Crippen molar-refractivity contribution in [1.82, 2.24) is 4.68 Å². The molecule has 112 valence electrons. The summed E-state index contributed by atoms with van der Waals surface area (Å²) in [6, 6.07) is 10.9. The van der Waals surface area contributed by atoms with E-state index in [2.05, 4.69) is 67.6 Å². The first-order valence-electron chi connectivity index (χ1n) is 5.85. The average Bonchev–Trinajstić information content (AvgIpc) is 2.56. The van der Waals surface area contributed by atoms with Crippen LogP contribution in [0.5, 0.6) is 0 Å². The number of hydrogen-bond acceptors (Lipinski definition) is 4. The van der Waals surface area contributed by atoms with Gasteiger partial charge in [-0.2, -0.15) is 4.68 Å². The standard InChI is InChI=1S/C13H17N2.ClH3O4/c1-10-5-7-12(8-6-10)13-9-11(2)14(3)15(13)4;2-1(3,4)5/h5-9H,1-4H3;2-4H/q+1;. The molecule has 1 heterocycles. The molecule has 20 heavy (non-hydrogen) atoms. The summed E-state index contributed by atoms with van der Waals surface area (Å²) in [5.41, 5.74) is 5.10. The summed E-state index contributed by atoms with van der Waals surface area (Å²) in [5, 5.41) is 0. The third-order valence-electron chi connectivity index (χ3n) is 3.00. The molecule has 1 aromatic carbocycles. The first-order chi connectivity index (χ1) is 9.09. The number of rotatable bonds is 1. The predicted molar refractivity (Wildman–Crippen MR) is 68.2 cm³/mol. The zero-order chi connectivity index (χ0) is 15.5. The van der Waals surface area contributed by atoms with Crippen LogP contribution in [0.1, 0.15) is 11.3 Å². The monoisotopic (exact) mass is 303 g/mol. The van der Waals surface area contributed by atoms with Gasteiger partial charge < -0.3 is 0 Å². The summed E-state index contributed by atoms with van der Waals surface area (Å²) in [6.07, 6.45) is 0. The molecule has 0 atom stereocenters. The number of nitrogens with zero attached hydrogens (tertiary/aromatic N) is 2. The molecule has 2 aromatic rings. The van der Waals surface area contributed by atoms with Crippen LogP contribution in [-0.4, -0.2) is 18.7 Å². The van der Waals surface area contributed by atoms with Crippen molar-refractivity contribution in [3.8, 4) is 11.3 Å². The van der Waals surface area contributed by atoms with Gasteiger partial charge >= 0.3 is 28.9 Å². The van der Waals surface area contributed by atoms with E-state index in [1.807, 2.05) is 0 Å². The van der Waals surface area contributed by atoms with Crippen LogP contribution in [0.25, 0.3) is 11.3 Å². The summed E-state index contributed by atoms with van der Waals surface area (Å²) >= 11 is 0. The van der Waals surface area contributed by atoms with Crippen molar-refractivity contribution in [2.24, 2.45) is 14.1 Å². The fourth-order valence-electron chi connectivity index (χ4n) is 1.78. The van der Waals surface area contributed by atoms with E-state index in [0.29, 0.717) is 0 Å². The number of aryl methyl sites for hydroxylation is 2. The van der Waals surface area contributed by atoms with Crippen LogP contribution in [0.2, 0.25) is 0 Å². The van der Waals surface area contributed by atoms with E-state index >= 15 is 0 Å². The zero-order valence-electron chi connectivity index (χ0n) is 11.9. The quantitative estimate of drug-likeness (QED) is 0.606. The van der Waals surface area contributed by atoms with Gasteiger partial charge in [-0.25, -0.2) is 0 Å². The molecule has 0 aliphatic heterocycles. The maximum absolute atomic E-state index is 8.83. The van der Waals surface area contributed by atoms with Gasteiger partial charge in [0.05, 0.1) is 12.7 Å². The molecule has 0 saturated heterocycles. The van der Waals surface area contributed by atoms with Crippen LogP contribution in [0.15, 0.2) is 30.3 Å². The average molecular weight is 304 g/mol. The molecular weight excluding hydrogens is 284 g/mol. The summed E-state index contributed by atoms with van der Waals surface area (Å²) in [7, 11) is -0.0325. The van der Waals surface area contributed by atoms with Gasteiger partial charge in [-0.3, -0.25) is 0 Å². The van der Waals surface area contributed by atoms with Gasteiger partial charge in [-0.15, -0.1) is 4.68 Å². The van der Waals surface area contributed by atoms with Crippen LogP contribution in [0, 0.1) is 24.1 Å². The minimum absolute atomic E-state index is 1.26. The van der Waals surface area contributed by atoms with E-state index in [1.165, 1.54) is 22.5 Å². The van der Waals surface area contributed by atoms with Crippen molar-refractivity contribution in [2.45, 2.75) is 13.8 Å². The Hall–Kier alpha value is -1.44. The second-order valence-corrected chi connectivity index (χ2v) is 5.39. The van der Waals surface area contributed by atoms with E-state index in [4.69, 9.17) is 18.6 Å². The van der Waals surface area contributed by atoms with Crippen LogP contribution in [0.4, 0.5) is 0 Å². The van der Waals surface area contributed by atoms with Gasteiger partial charge in [0.15, 0.2) is 7.05 Å². The van der Waals surface area contributed by atoms with Crippen LogP contribution in [-0.2, 0) is 14.1 Å². The molecule has 0 amide bonds.